The number of ether oxygens (including phenoxy) is 1. The molecule has 0 saturated carbocycles. The van der Waals surface area contributed by atoms with Crippen molar-refractivity contribution in [2.75, 3.05) is 26.7 Å². The first-order valence-electron chi connectivity index (χ1n) is 9.17. The number of amides is 2. The van der Waals surface area contributed by atoms with E-state index in [1.165, 1.54) is 0 Å². The number of carbonyl (C=O) groups excluding carboxylic acids is 2. The lowest BCUT2D eigenvalue weighted by Gasteiger charge is -2.28. The van der Waals surface area contributed by atoms with Gasteiger partial charge in [0, 0.05) is 26.6 Å². The van der Waals surface area contributed by atoms with Crippen molar-refractivity contribution in [1.29, 1.82) is 0 Å². The Kier molecular flexibility index (Phi) is 5.30. The monoisotopic (exact) mass is 348 g/mol. The van der Waals surface area contributed by atoms with Crippen LogP contribution in [0.5, 0.6) is 5.88 Å². The molecule has 0 radical (unpaired) electrons. The molecule has 138 valence electrons. The summed E-state index contributed by atoms with van der Waals surface area (Å²) in [5, 5.41) is 4.45. The van der Waals surface area contributed by atoms with E-state index in [1.54, 1.807) is 16.7 Å². The molecule has 2 saturated heterocycles. The summed E-state index contributed by atoms with van der Waals surface area (Å²) in [7, 11) is 3.49. The average Bonchev–Trinajstić information content (AvgIpc) is 3.10. The number of aromatic nitrogens is 2. The third kappa shape index (κ3) is 3.50. The molecule has 0 aromatic carbocycles. The highest BCUT2D eigenvalue weighted by atomic mass is 16.5. The second-order valence-corrected chi connectivity index (χ2v) is 7.00. The minimum Gasteiger partial charge on any atom is -0.481 e. The predicted octanol–water partition coefficient (Wildman–Crippen LogP) is 1.80. The van der Waals surface area contributed by atoms with Gasteiger partial charge < -0.3 is 14.5 Å². The summed E-state index contributed by atoms with van der Waals surface area (Å²) in [5.74, 6) is 0.854. The molecule has 1 atom stereocenters. The lowest BCUT2D eigenvalue weighted by molar-refractivity contribution is -0.140. The maximum absolute atomic E-state index is 12.9. The predicted molar refractivity (Wildman–Crippen MR) is 93.2 cm³/mol. The summed E-state index contributed by atoms with van der Waals surface area (Å²) >= 11 is 0. The largest absolute Gasteiger partial charge is 0.481 e. The van der Waals surface area contributed by atoms with Gasteiger partial charge in [0.2, 0.25) is 17.7 Å². The van der Waals surface area contributed by atoms with Crippen molar-refractivity contribution in [2.45, 2.75) is 51.5 Å². The third-order valence-corrected chi connectivity index (χ3v) is 5.31. The quantitative estimate of drug-likeness (QED) is 0.832. The van der Waals surface area contributed by atoms with Gasteiger partial charge in [-0.2, -0.15) is 5.10 Å². The van der Waals surface area contributed by atoms with Crippen LogP contribution in [-0.2, 0) is 16.6 Å². The van der Waals surface area contributed by atoms with E-state index >= 15 is 0 Å². The summed E-state index contributed by atoms with van der Waals surface area (Å²) in [6, 6.07) is -0.0155. The molecule has 7 heteroatoms. The Morgan fingerprint density at radius 3 is 2.80 bits per heavy atom. The highest BCUT2D eigenvalue weighted by Gasteiger charge is 2.35. The Bertz CT molecular complexity index is 655. The van der Waals surface area contributed by atoms with E-state index in [2.05, 4.69) is 5.10 Å². The van der Waals surface area contributed by atoms with Gasteiger partial charge in [0.15, 0.2) is 0 Å². The molecule has 3 heterocycles. The number of aryl methyl sites for hydroxylation is 2. The Morgan fingerprint density at radius 2 is 2.04 bits per heavy atom. The Labute approximate surface area is 148 Å². The van der Waals surface area contributed by atoms with Gasteiger partial charge in [-0.05, 0) is 32.6 Å². The number of hydrogen-bond acceptors (Lipinski definition) is 4. The second-order valence-electron chi connectivity index (χ2n) is 7.00. The molecule has 1 aromatic rings. The summed E-state index contributed by atoms with van der Waals surface area (Å²) < 4.78 is 7.25. The normalized spacial score (nSPS) is 21.6. The molecule has 2 aliphatic rings. The summed E-state index contributed by atoms with van der Waals surface area (Å²) in [4.78, 5) is 28.8. The van der Waals surface area contributed by atoms with E-state index in [1.807, 2.05) is 18.9 Å². The molecular formula is C18H28N4O3. The summed E-state index contributed by atoms with van der Waals surface area (Å²) in [6.07, 6.45) is 5.41. The van der Waals surface area contributed by atoms with Gasteiger partial charge >= 0.3 is 0 Å². The lowest BCUT2D eigenvalue weighted by Crippen LogP contribution is -2.42. The van der Waals surface area contributed by atoms with Crippen molar-refractivity contribution in [3.8, 4) is 5.88 Å². The smallest absolute Gasteiger partial charge is 0.242 e. The molecule has 0 spiro atoms. The van der Waals surface area contributed by atoms with Crippen molar-refractivity contribution in [1.82, 2.24) is 19.6 Å². The standard InChI is InChI=1S/C18H28N4O3/c1-13-17(18(25-3)20(2)19-13)14-8-7-11-22(14)16(24)12-21-10-6-4-5-9-15(21)23/h14H,4-12H2,1-3H3/t14-/m1/s1. The van der Waals surface area contributed by atoms with Crippen molar-refractivity contribution in [2.24, 2.45) is 7.05 Å². The fourth-order valence-electron chi connectivity index (χ4n) is 4.10. The minimum absolute atomic E-state index is 0.0155. The summed E-state index contributed by atoms with van der Waals surface area (Å²) in [5.41, 5.74) is 1.90. The Hall–Kier alpha value is -2.05. The first-order valence-corrected chi connectivity index (χ1v) is 9.17. The first-order chi connectivity index (χ1) is 12.0. The van der Waals surface area contributed by atoms with E-state index < -0.39 is 0 Å². The molecule has 7 nitrogen and oxygen atoms in total. The minimum atomic E-state index is -0.0155. The highest BCUT2D eigenvalue weighted by molar-refractivity contribution is 5.85. The van der Waals surface area contributed by atoms with E-state index in [4.69, 9.17) is 4.74 Å². The Morgan fingerprint density at radius 1 is 1.24 bits per heavy atom. The summed E-state index contributed by atoms with van der Waals surface area (Å²) in [6.45, 7) is 3.56. The fourth-order valence-corrected chi connectivity index (χ4v) is 4.10. The van der Waals surface area contributed by atoms with Gasteiger partial charge in [-0.25, -0.2) is 4.68 Å². The average molecular weight is 348 g/mol. The number of hydrogen-bond donors (Lipinski definition) is 0. The molecule has 3 rings (SSSR count). The van der Waals surface area contributed by atoms with E-state index in [9.17, 15) is 9.59 Å². The SMILES string of the molecule is COc1c([C@H]2CCCN2C(=O)CN2CCCCCC2=O)c(C)nn1C. The second kappa shape index (κ2) is 7.45. The van der Waals surface area contributed by atoms with Crippen LogP contribution >= 0.6 is 0 Å². The topological polar surface area (TPSA) is 67.7 Å². The molecule has 0 N–H and O–H groups in total. The van der Waals surface area contributed by atoms with Gasteiger partial charge in [-0.3, -0.25) is 9.59 Å². The van der Waals surface area contributed by atoms with Gasteiger partial charge in [0.25, 0.3) is 0 Å². The number of nitrogens with zero attached hydrogens (tertiary/aromatic N) is 4. The van der Waals surface area contributed by atoms with Gasteiger partial charge in [0.1, 0.15) is 0 Å². The van der Waals surface area contributed by atoms with Crippen LogP contribution in [0, 0.1) is 6.92 Å². The third-order valence-electron chi connectivity index (χ3n) is 5.31. The Balaban J connectivity index is 1.77. The number of methoxy groups -OCH3 is 1. The van der Waals surface area contributed by atoms with Gasteiger partial charge in [0.05, 0.1) is 31.0 Å². The molecule has 0 unspecified atom stereocenters. The van der Waals surface area contributed by atoms with E-state index in [-0.39, 0.29) is 24.4 Å². The van der Waals surface area contributed by atoms with Crippen LogP contribution in [0.25, 0.3) is 0 Å². The molecule has 2 fully saturated rings. The number of carbonyl (C=O) groups is 2. The van der Waals surface area contributed by atoms with Gasteiger partial charge in [-0.15, -0.1) is 0 Å². The van der Waals surface area contributed by atoms with E-state index in [0.717, 1.165) is 49.9 Å². The van der Waals surface area contributed by atoms with Crippen LogP contribution < -0.4 is 4.74 Å². The number of rotatable bonds is 4. The zero-order valence-electron chi connectivity index (χ0n) is 15.5. The molecule has 0 bridgehead atoms. The van der Waals surface area contributed by atoms with Crippen LogP contribution in [0.2, 0.25) is 0 Å². The molecular weight excluding hydrogens is 320 g/mol. The maximum Gasteiger partial charge on any atom is 0.242 e. The number of likely N-dealkylation sites (tertiary alicyclic amines) is 2. The van der Waals surface area contributed by atoms with Crippen molar-refractivity contribution < 1.29 is 14.3 Å². The molecule has 25 heavy (non-hydrogen) atoms. The van der Waals surface area contributed by atoms with E-state index in [0.29, 0.717) is 18.8 Å². The first kappa shape index (κ1) is 17.8. The van der Waals surface area contributed by atoms with Crippen LogP contribution in [0.1, 0.15) is 55.8 Å². The van der Waals surface area contributed by atoms with Crippen molar-refractivity contribution >= 4 is 11.8 Å². The molecule has 1 aromatic heterocycles. The van der Waals surface area contributed by atoms with Crippen LogP contribution in [0.4, 0.5) is 0 Å². The van der Waals surface area contributed by atoms with Crippen LogP contribution in [0.15, 0.2) is 0 Å². The zero-order valence-corrected chi connectivity index (χ0v) is 15.5. The lowest BCUT2D eigenvalue weighted by atomic mass is 10.0. The fraction of sp³-hybridized carbons (Fsp3) is 0.722. The van der Waals surface area contributed by atoms with Gasteiger partial charge in [-0.1, -0.05) is 6.42 Å². The van der Waals surface area contributed by atoms with Crippen molar-refractivity contribution in [3.05, 3.63) is 11.3 Å². The van der Waals surface area contributed by atoms with Crippen LogP contribution in [-0.4, -0.2) is 58.1 Å². The van der Waals surface area contributed by atoms with Crippen molar-refractivity contribution in [3.63, 3.8) is 0 Å². The zero-order chi connectivity index (χ0) is 18.0. The maximum atomic E-state index is 12.9. The molecule has 2 aliphatic heterocycles. The van der Waals surface area contributed by atoms with Crippen LogP contribution in [0.3, 0.4) is 0 Å². The molecule has 2 amide bonds. The highest BCUT2D eigenvalue weighted by Crippen LogP contribution is 2.38. The molecule has 0 aliphatic carbocycles.